The molecule has 0 saturated heterocycles. The molecule has 1 unspecified atom stereocenters. The van der Waals surface area contributed by atoms with Crippen LogP contribution in [-0.4, -0.2) is 20.4 Å². The fraction of sp³-hybridized carbons (Fsp3) is 0.387. The predicted octanol–water partition coefficient (Wildman–Crippen LogP) is 6.26. The summed E-state index contributed by atoms with van der Waals surface area (Å²) in [4.78, 5) is 12.7. The summed E-state index contributed by atoms with van der Waals surface area (Å²) in [5, 5.41) is 6.62. The topological polar surface area (TPSA) is 87.3 Å². The Morgan fingerprint density at radius 2 is 1.69 bits per heavy atom. The summed E-state index contributed by atoms with van der Waals surface area (Å²) in [5.74, 6) is -0.996. The van der Waals surface area contributed by atoms with Gasteiger partial charge in [-0.25, -0.2) is 17.5 Å². The molecule has 0 heterocycles. The number of alkyl halides is 3. The summed E-state index contributed by atoms with van der Waals surface area (Å²) >= 11 is 0. The fourth-order valence-corrected chi connectivity index (χ4v) is 6.68. The van der Waals surface area contributed by atoms with E-state index in [0.29, 0.717) is 24.1 Å². The monoisotopic (exact) mass is 603 g/mol. The van der Waals surface area contributed by atoms with E-state index in [0.717, 1.165) is 54.3 Å². The van der Waals surface area contributed by atoms with Gasteiger partial charge in [-0.2, -0.15) is 13.2 Å². The first-order chi connectivity index (χ1) is 19.9. The van der Waals surface area contributed by atoms with Crippen molar-refractivity contribution in [1.29, 1.82) is 0 Å². The summed E-state index contributed by atoms with van der Waals surface area (Å²) < 4.78 is 82.0. The maximum atomic E-state index is 13.6. The van der Waals surface area contributed by atoms with E-state index < -0.39 is 44.4 Å². The number of amides is 1. The first-order valence-electron chi connectivity index (χ1n) is 14.0. The summed E-state index contributed by atoms with van der Waals surface area (Å²) in [5.41, 5.74) is 2.55. The Balaban J connectivity index is 1.33. The van der Waals surface area contributed by atoms with Crippen molar-refractivity contribution in [1.82, 2.24) is 15.4 Å². The highest BCUT2D eigenvalue weighted by Crippen LogP contribution is 2.34. The molecule has 3 aromatic carbocycles. The molecule has 3 aromatic rings. The Morgan fingerprint density at radius 1 is 0.976 bits per heavy atom. The molecule has 0 spiro atoms. The van der Waals surface area contributed by atoms with Crippen LogP contribution in [0.3, 0.4) is 0 Å². The van der Waals surface area contributed by atoms with E-state index in [1.54, 1.807) is 0 Å². The van der Waals surface area contributed by atoms with Gasteiger partial charge < -0.3 is 10.6 Å². The van der Waals surface area contributed by atoms with Crippen molar-refractivity contribution in [2.45, 2.75) is 80.7 Å². The van der Waals surface area contributed by atoms with E-state index in [2.05, 4.69) is 34.4 Å². The second-order valence-electron chi connectivity index (χ2n) is 11.1. The highest BCUT2D eigenvalue weighted by Gasteiger charge is 2.33. The first-order valence-corrected chi connectivity index (χ1v) is 15.5. The van der Waals surface area contributed by atoms with Crippen molar-refractivity contribution in [3.63, 3.8) is 0 Å². The van der Waals surface area contributed by atoms with Crippen LogP contribution in [0.4, 0.5) is 17.6 Å². The quantitative estimate of drug-likeness (QED) is 0.239. The van der Waals surface area contributed by atoms with Crippen molar-refractivity contribution in [3.8, 4) is 0 Å². The molecule has 0 aliphatic heterocycles. The zero-order chi connectivity index (χ0) is 30.1. The largest absolute Gasteiger partial charge is 0.416 e. The van der Waals surface area contributed by atoms with E-state index in [-0.39, 0.29) is 18.5 Å². The van der Waals surface area contributed by atoms with Crippen LogP contribution in [0.25, 0.3) is 0 Å². The molecule has 6 nitrogen and oxygen atoms in total. The molecule has 11 heteroatoms. The van der Waals surface area contributed by atoms with Gasteiger partial charge in [0.05, 0.1) is 22.5 Å². The number of nitrogens with one attached hydrogen (secondary N) is 3. The van der Waals surface area contributed by atoms with Crippen molar-refractivity contribution in [2.24, 2.45) is 0 Å². The minimum atomic E-state index is -4.73. The van der Waals surface area contributed by atoms with Gasteiger partial charge in [-0.3, -0.25) is 4.79 Å². The second-order valence-corrected chi connectivity index (χ2v) is 12.8. The molecular formula is C31H33F4N3O3S. The van der Waals surface area contributed by atoms with E-state index in [1.165, 1.54) is 30.5 Å². The number of benzene rings is 3. The van der Waals surface area contributed by atoms with Crippen LogP contribution in [0.1, 0.15) is 85.0 Å². The maximum absolute atomic E-state index is 13.6. The molecule has 1 fully saturated rings. The van der Waals surface area contributed by atoms with E-state index in [9.17, 15) is 30.8 Å². The SMILES string of the molecule is CC(NC1CC1)c1ccc2c(c1)CCC[C@H]2NC(=O)C[C@@H](NS(=O)(=O)c1cccc(C(F)(F)F)c1)c1ccc(F)cc1. The predicted molar refractivity (Wildman–Crippen MR) is 150 cm³/mol. The van der Waals surface area contributed by atoms with E-state index in [1.807, 2.05) is 6.07 Å². The van der Waals surface area contributed by atoms with Crippen LogP contribution in [-0.2, 0) is 27.4 Å². The number of fused-ring (bicyclic) bond motifs is 1. The van der Waals surface area contributed by atoms with Gasteiger partial charge in [0, 0.05) is 18.5 Å². The minimum Gasteiger partial charge on any atom is -0.349 e. The van der Waals surface area contributed by atoms with Gasteiger partial charge in [-0.15, -0.1) is 0 Å². The number of halogens is 4. The third kappa shape index (κ3) is 7.37. The van der Waals surface area contributed by atoms with Crippen LogP contribution < -0.4 is 15.4 Å². The molecule has 3 atom stereocenters. The Hall–Kier alpha value is -3.28. The zero-order valence-electron chi connectivity index (χ0n) is 23.0. The first kappa shape index (κ1) is 30.2. The van der Waals surface area contributed by atoms with Crippen LogP contribution in [0.15, 0.2) is 71.6 Å². The number of sulfonamides is 1. The average molecular weight is 604 g/mol. The number of carbonyl (C=O) groups excluding carboxylic acids is 1. The zero-order valence-corrected chi connectivity index (χ0v) is 23.9. The highest BCUT2D eigenvalue weighted by atomic mass is 32.2. The van der Waals surface area contributed by atoms with Gasteiger partial charge in [-0.1, -0.05) is 36.4 Å². The van der Waals surface area contributed by atoms with Gasteiger partial charge in [-0.05, 0) is 91.6 Å². The van der Waals surface area contributed by atoms with Crippen molar-refractivity contribution in [2.75, 3.05) is 0 Å². The lowest BCUT2D eigenvalue weighted by atomic mass is 9.85. The van der Waals surface area contributed by atoms with E-state index >= 15 is 0 Å². The van der Waals surface area contributed by atoms with Gasteiger partial charge in [0.2, 0.25) is 15.9 Å². The van der Waals surface area contributed by atoms with Crippen molar-refractivity contribution >= 4 is 15.9 Å². The highest BCUT2D eigenvalue weighted by molar-refractivity contribution is 7.89. The molecular weight excluding hydrogens is 570 g/mol. The summed E-state index contributed by atoms with van der Waals surface area (Å²) in [7, 11) is -4.47. The average Bonchev–Trinajstić information content (AvgIpc) is 3.76. The van der Waals surface area contributed by atoms with Crippen molar-refractivity contribution < 1.29 is 30.8 Å². The Labute approximate surface area is 243 Å². The molecule has 1 saturated carbocycles. The number of rotatable bonds is 10. The van der Waals surface area contributed by atoms with Crippen LogP contribution in [0, 0.1) is 5.82 Å². The van der Waals surface area contributed by atoms with Gasteiger partial charge >= 0.3 is 6.18 Å². The van der Waals surface area contributed by atoms with Gasteiger partial charge in [0.1, 0.15) is 5.82 Å². The Kier molecular flexibility index (Phi) is 8.73. The molecule has 1 amide bonds. The third-order valence-corrected chi connectivity index (χ3v) is 9.28. The smallest absolute Gasteiger partial charge is 0.349 e. The maximum Gasteiger partial charge on any atom is 0.416 e. The number of carbonyl (C=O) groups is 1. The third-order valence-electron chi connectivity index (χ3n) is 7.81. The van der Waals surface area contributed by atoms with Crippen LogP contribution in [0.2, 0.25) is 0 Å². The fourth-order valence-electron chi connectivity index (χ4n) is 5.41. The van der Waals surface area contributed by atoms with Crippen LogP contribution in [0.5, 0.6) is 0 Å². The number of hydrogen-bond donors (Lipinski definition) is 3. The summed E-state index contributed by atoms with van der Waals surface area (Å²) in [6, 6.07) is 14.0. The molecule has 2 aliphatic rings. The van der Waals surface area contributed by atoms with E-state index in [4.69, 9.17) is 0 Å². The number of hydrogen-bond acceptors (Lipinski definition) is 4. The lowest BCUT2D eigenvalue weighted by Crippen LogP contribution is -2.36. The Morgan fingerprint density at radius 3 is 2.38 bits per heavy atom. The van der Waals surface area contributed by atoms with Crippen molar-refractivity contribution in [3.05, 3.63) is 100 Å². The molecule has 42 heavy (non-hydrogen) atoms. The molecule has 5 rings (SSSR count). The normalized spacial score (nSPS) is 18.6. The molecule has 2 aliphatic carbocycles. The lowest BCUT2D eigenvalue weighted by Gasteiger charge is -2.28. The minimum absolute atomic E-state index is 0.221. The lowest BCUT2D eigenvalue weighted by molar-refractivity contribution is -0.137. The Bertz CT molecular complexity index is 1540. The van der Waals surface area contributed by atoms with Gasteiger partial charge in [0.25, 0.3) is 0 Å². The number of aryl methyl sites for hydroxylation is 1. The summed E-state index contributed by atoms with van der Waals surface area (Å²) in [6.45, 7) is 2.14. The van der Waals surface area contributed by atoms with Crippen LogP contribution >= 0.6 is 0 Å². The van der Waals surface area contributed by atoms with Gasteiger partial charge in [0.15, 0.2) is 0 Å². The standard InChI is InChI=1S/C31H33F4N3O3S/c1-19(36-25-13-14-25)21-10-15-27-22(16-21)4-2-7-28(27)37-30(39)18-29(20-8-11-24(32)12-9-20)38-42(40,41)26-6-3-5-23(17-26)31(33,34)35/h3,5-6,8-12,15-17,19,25,28-29,36,38H,2,4,7,13-14,18H2,1H3,(H,37,39)/t19?,28-,29-/m1/s1. The molecule has 0 aromatic heterocycles. The molecule has 0 radical (unpaired) electrons. The molecule has 3 N–H and O–H groups in total. The molecule has 224 valence electrons. The molecule has 0 bridgehead atoms. The summed E-state index contributed by atoms with van der Waals surface area (Å²) in [6.07, 6.45) is -0.210. The second kappa shape index (κ2) is 12.1.